The number of hydrogen-bond donors (Lipinski definition) is 0. The van der Waals surface area contributed by atoms with Crippen molar-refractivity contribution in [3.63, 3.8) is 0 Å². The number of fused-ring (bicyclic) bond motifs is 2. The molecular weight excluding hydrogens is 230 g/mol. The molecule has 1 aromatic carbocycles. The second-order valence-electron chi connectivity index (χ2n) is 5.70. The number of aromatic nitrogens is 1. The number of rotatable bonds is 4. The van der Waals surface area contributed by atoms with Gasteiger partial charge in [0.25, 0.3) is 0 Å². The predicted molar refractivity (Wildman–Crippen MR) is 81.6 cm³/mol. The van der Waals surface area contributed by atoms with E-state index in [0.29, 0.717) is 0 Å². The molecule has 2 aromatic rings. The van der Waals surface area contributed by atoms with Gasteiger partial charge in [-0.15, -0.1) is 0 Å². The van der Waals surface area contributed by atoms with E-state index in [0.717, 1.165) is 0 Å². The van der Waals surface area contributed by atoms with Gasteiger partial charge in [-0.2, -0.15) is 0 Å². The van der Waals surface area contributed by atoms with Crippen LogP contribution in [0.3, 0.4) is 0 Å². The fourth-order valence-electron chi connectivity index (χ4n) is 3.31. The smallest absolute Gasteiger partial charge is 0.0708 e. The number of hydrogen-bond acceptors (Lipinski definition) is 1. The summed E-state index contributed by atoms with van der Waals surface area (Å²) in [5.74, 6) is 0. The maximum atomic E-state index is 4.90. The molecule has 1 nitrogen and oxygen atoms in total. The van der Waals surface area contributed by atoms with Gasteiger partial charge in [0.1, 0.15) is 0 Å². The maximum absolute atomic E-state index is 4.90. The molecule has 100 valence electrons. The average Bonchev–Trinajstić information content (AvgIpc) is 2.46. The van der Waals surface area contributed by atoms with Crippen LogP contribution in [0, 0.1) is 0 Å². The zero-order chi connectivity index (χ0) is 13.1. The van der Waals surface area contributed by atoms with E-state index >= 15 is 0 Å². The lowest BCUT2D eigenvalue weighted by atomic mass is 9.88. The molecule has 0 saturated heterocycles. The summed E-state index contributed by atoms with van der Waals surface area (Å²) in [7, 11) is 0. The third kappa shape index (κ3) is 2.51. The second kappa shape index (κ2) is 5.73. The van der Waals surface area contributed by atoms with E-state index in [9.17, 15) is 0 Å². The molecule has 0 aliphatic heterocycles. The van der Waals surface area contributed by atoms with Crippen LogP contribution in [0.15, 0.2) is 24.3 Å². The number of aryl methyl sites for hydroxylation is 2. The fraction of sp³-hybridized carbons (Fsp3) is 0.500. The van der Waals surface area contributed by atoms with Crippen molar-refractivity contribution in [2.75, 3.05) is 0 Å². The number of pyridine rings is 1. The van der Waals surface area contributed by atoms with Crippen molar-refractivity contribution < 1.29 is 0 Å². The van der Waals surface area contributed by atoms with Gasteiger partial charge in [-0.25, -0.2) is 0 Å². The summed E-state index contributed by atoms with van der Waals surface area (Å²) >= 11 is 0. The van der Waals surface area contributed by atoms with Crippen molar-refractivity contribution in [2.24, 2.45) is 0 Å². The molecule has 0 fully saturated rings. The monoisotopic (exact) mass is 253 g/mol. The van der Waals surface area contributed by atoms with Crippen molar-refractivity contribution in [1.29, 1.82) is 0 Å². The zero-order valence-corrected chi connectivity index (χ0v) is 11.9. The van der Waals surface area contributed by atoms with E-state index in [1.54, 1.807) is 11.1 Å². The van der Waals surface area contributed by atoms with E-state index in [2.05, 4.69) is 31.2 Å². The Morgan fingerprint density at radius 3 is 2.79 bits per heavy atom. The third-order valence-electron chi connectivity index (χ3n) is 4.32. The van der Waals surface area contributed by atoms with E-state index in [1.165, 1.54) is 68.0 Å². The normalized spacial score (nSPS) is 14.6. The highest BCUT2D eigenvalue weighted by Gasteiger charge is 2.17. The number of benzene rings is 1. The van der Waals surface area contributed by atoms with Gasteiger partial charge in [-0.3, -0.25) is 4.98 Å². The van der Waals surface area contributed by atoms with E-state index < -0.39 is 0 Å². The van der Waals surface area contributed by atoms with Crippen LogP contribution in [0.25, 0.3) is 10.9 Å². The second-order valence-corrected chi connectivity index (χ2v) is 5.70. The molecule has 1 aliphatic rings. The summed E-state index contributed by atoms with van der Waals surface area (Å²) in [6.45, 7) is 2.28. The predicted octanol–water partition coefficient (Wildman–Crippen LogP) is 4.85. The van der Waals surface area contributed by atoms with Crippen molar-refractivity contribution >= 4 is 10.9 Å². The van der Waals surface area contributed by atoms with Crippen LogP contribution in [0.1, 0.15) is 55.8 Å². The van der Waals surface area contributed by atoms with Crippen LogP contribution in [-0.4, -0.2) is 4.98 Å². The highest BCUT2D eigenvalue weighted by Crippen LogP contribution is 2.30. The SMILES string of the molecule is CCCCCc1c2c(nc3ccccc13)CCCC2. The fourth-order valence-corrected chi connectivity index (χ4v) is 3.31. The number of para-hydroxylation sites is 1. The summed E-state index contributed by atoms with van der Waals surface area (Å²) in [4.78, 5) is 4.90. The molecule has 0 spiro atoms. The summed E-state index contributed by atoms with van der Waals surface area (Å²) in [6, 6.07) is 8.70. The molecule has 0 amide bonds. The molecule has 0 unspecified atom stereocenters. The largest absolute Gasteiger partial charge is 0.253 e. The van der Waals surface area contributed by atoms with Gasteiger partial charge >= 0.3 is 0 Å². The Balaban J connectivity index is 2.08. The van der Waals surface area contributed by atoms with Gasteiger partial charge in [0.05, 0.1) is 5.52 Å². The molecule has 0 atom stereocenters. The Morgan fingerprint density at radius 2 is 1.89 bits per heavy atom. The summed E-state index contributed by atoms with van der Waals surface area (Å²) in [5, 5.41) is 1.40. The standard InChI is InChI=1S/C18H23N/c1-2-3-4-9-14-15-10-5-7-12-17(15)19-18-13-8-6-11-16(14)18/h5,7,10,12H,2-4,6,8-9,11,13H2,1H3. The zero-order valence-electron chi connectivity index (χ0n) is 11.9. The van der Waals surface area contributed by atoms with Gasteiger partial charge in [0.2, 0.25) is 0 Å². The first-order chi connectivity index (χ1) is 9.40. The minimum atomic E-state index is 1.18. The lowest BCUT2D eigenvalue weighted by molar-refractivity contribution is 0.654. The summed E-state index contributed by atoms with van der Waals surface area (Å²) < 4.78 is 0. The molecule has 1 heterocycles. The van der Waals surface area contributed by atoms with Crippen molar-refractivity contribution in [1.82, 2.24) is 4.98 Å². The van der Waals surface area contributed by atoms with Gasteiger partial charge in [-0.05, 0) is 55.7 Å². The minimum absolute atomic E-state index is 1.18. The van der Waals surface area contributed by atoms with Gasteiger partial charge < -0.3 is 0 Å². The first-order valence-corrected chi connectivity index (χ1v) is 7.79. The average molecular weight is 253 g/mol. The minimum Gasteiger partial charge on any atom is -0.253 e. The van der Waals surface area contributed by atoms with Crippen LogP contribution in [0.5, 0.6) is 0 Å². The number of unbranched alkanes of at least 4 members (excludes halogenated alkanes) is 2. The van der Waals surface area contributed by atoms with Crippen LogP contribution in [0.2, 0.25) is 0 Å². The Morgan fingerprint density at radius 1 is 1.05 bits per heavy atom. The van der Waals surface area contributed by atoms with Crippen LogP contribution >= 0.6 is 0 Å². The molecular formula is C18H23N. The molecule has 1 aromatic heterocycles. The Kier molecular flexibility index (Phi) is 3.82. The number of nitrogens with zero attached hydrogens (tertiary/aromatic N) is 1. The molecule has 0 bridgehead atoms. The molecule has 3 rings (SSSR count). The van der Waals surface area contributed by atoms with E-state index in [4.69, 9.17) is 4.98 Å². The van der Waals surface area contributed by atoms with E-state index in [-0.39, 0.29) is 0 Å². The topological polar surface area (TPSA) is 12.9 Å². The molecule has 0 radical (unpaired) electrons. The van der Waals surface area contributed by atoms with Crippen molar-refractivity contribution in [2.45, 2.75) is 58.3 Å². The molecule has 19 heavy (non-hydrogen) atoms. The maximum Gasteiger partial charge on any atom is 0.0708 e. The quantitative estimate of drug-likeness (QED) is 0.710. The Hall–Kier alpha value is -1.37. The summed E-state index contributed by atoms with van der Waals surface area (Å²) in [5.41, 5.74) is 5.78. The van der Waals surface area contributed by atoms with Gasteiger partial charge in [-0.1, -0.05) is 38.0 Å². The van der Waals surface area contributed by atoms with Gasteiger partial charge in [0, 0.05) is 11.1 Å². The Bertz CT molecular complexity index is 571. The molecule has 1 aliphatic carbocycles. The summed E-state index contributed by atoms with van der Waals surface area (Å²) in [6.07, 6.45) is 10.3. The van der Waals surface area contributed by atoms with Crippen molar-refractivity contribution in [3.8, 4) is 0 Å². The Labute approximate surface area is 116 Å². The molecule has 1 heteroatoms. The van der Waals surface area contributed by atoms with Crippen LogP contribution in [-0.2, 0) is 19.3 Å². The lowest BCUT2D eigenvalue weighted by Crippen LogP contribution is -2.10. The molecule has 0 N–H and O–H groups in total. The molecule has 0 saturated carbocycles. The highest BCUT2D eigenvalue weighted by atomic mass is 14.7. The highest BCUT2D eigenvalue weighted by molar-refractivity contribution is 5.83. The first-order valence-electron chi connectivity index (χ1n) is 7.79. The van der Waals surface area contributed by atoms with Crippen LogP contribution < -0.4 is 0 Å². The van der Waals surface area contributed by atoms with Crippen LogP contribution in [0.4, 0.5) is 0 Å². The first kappa shape index (κ1) is 12.7. The van der Waals surface area contributed by atoms with E-state index in [1.807, 2.05) is 0 Å². The lowest BCUT2D eigenvalue weighted by Gasteiger charge is -2.20. The third-order valence-corrected chi connectivity index (χ3v) is 4.32. The van der Waals surface area contributed by atoms with Gasteiger partial charge in [0.15, 0.2) is 0 Å². The van der Waals surface area contributed by atoms with Crippen molar-refractivity contribution in [3.05, 3.63) is 41.1 Å².